The number of para-hydroxylation sites is 1. The Hall–Kier alpha value is -2.27. The fraction of sp³-hybridized carbons (Fsp3) is 0.312. The lowest BCUT2D eigenvalue weighted by atomic mass is 10.2. The second-order valence-corrected chi connectivity index (χ2v) is 4.76. The fourth-order valence-corrected chi connectivity index (χ4v) is 1.96. The van der Waals surface area contributed by atoms with Crippen LogP contribution in [0.2, 0.25) is 0 Å². The van der Waals surface area contributed by atoms with E-state index in [1.54, 1.807) is 24.3 Å². The van der Waals surface area contributed by atoms with Crippen molar-refractivity contribution in [1.29, 1.82) is 0 Å². The van der Waals surface area contributed by atoms with Gasteiger partial charge in [-0.25, -0.2) is 0 Å². The molecule has 2 aromatic rings. The van der Waals surface area contributed by atoms with E-state index in [9.17, 15) is 4.79 Å². The molecule has 0 bridgehead atoms. The molecule has 0 aliphatic carbocycles. The summed E-state index contributed by atoms with van der Waals surface area (Å²) < 4.78 is 10.9. The number of nitrogens with one attached hydrogen (secondary N) is 1. The van der Waals surface area contributed by atoms with Crippen LogP contribution in [0.15, 0.2) is 47.1 Å². The van der Waals surface area contributed by atoms with Gasteiger partial charge in [0, 0.05) is 19.2 Å². The first kappa shape index (κ1) is 15.1. The highest BCUT2D eigenvalue weighted by molar-refractivity contribution is 5.77. The molecule has 5 nitrogen and oxygen atoms in total. The number of likely N-dealkylation sites (N-methyl/N-ethyl adjacent to an activating group) is 1. The van der Waals surface area contributed by atoms with Crippen molar-refractivity contribution in [1.82, 2.24) is 10.2 Å². The Bertz CT molecular complexity index is 567. The van der Waals surface area contributed by atoms with Gasteiger partial charge in [0.2, 0.25) is 0 Å². The van der Waals surface area contributed by atoms with Gasteiger partial charge in [-0.3, -0.25) is 4.79 Å². The van der Waals surface area contributed by atoms with Gasteiger partial charge in [-0.2, -0.15) is 0 Å². The summed E-state index contributed by atoms with van der Waals surface area (Å²) in [5, 5.41) is 3.08. The summed E-state index contributed by atoms with van der Waals surface area (Å²) in [7, 11) is 3.60. The van der Waals surface area contributed by atoms with Crippen molar-refractivity contribution in [2.75, 3.05) is 20.7 Å². The standard InChI is InChI=1S/C16H20N2O3/c1-17-10-13-6-3-4-8-15(13)21-12-16(19)18(2)11-14-7-5-9-20-14/h3-9,17H,10-12H2,1-2H3. The van der Waals surface area contributed by atoms with Crippen LogP contribution in [0.3, 0.4) is 0 Å². The highest BCUT2D eigenvalue weighted by atomic mass is 16.5. The number of hydrogen-bond acceptors (Lipinski definition) is 4. The van der Waals surface area contributed by atoms with Crippen LogP contribution >= 0.6 is 0 Å². The lowest BCUT2D eigenvalue weighted by Gasteiger charge is -2.17. The zero-order valence-electron chi connectivity index (χ0n) is 12.3. The van der Waals surface area contributed by atoms with Crippen molar-refractivity contribution >= 4 is 5.91 Å². The molecule has 0 fully saturated rings. The van der Waals surface area contributed by atoms with E-state index in [-0.39, 0.29) is 12.5 Å². The van der Waals surface area contributed by atoms with Crippen LogP contribution in [0.4, 0.5) is 0 Å². The second-order valence-electron chi connectivity index (χ2n) is 4.76. The minimum absolute atomic E-state index is 0.0118. The smallest absolute Gasteiger partial charge is 0.260 e. The molecule has 2 rings (SSSR count). The highest BCUT2D eigenvalue weighted by Gasteiger charge is 2.12. The maximum atomic E-state index is 12.1. The summed E-state index contributed by atoms with van der Waals surface area (Å²) in [5.41, 5.74) is 1.03. The largest absolute Gasteiger partial charge is 0.483 e. The Morgan fingerprint density at radius 1 is 1.29 bits per heavy atom. The third kappa shape index (κ3) is 4.36. The Balaban J connectivity index is 1.88. The molecule has 0 aliphatic heterocycles. The number of carbonyl (C=O) groups is 1. The predicted octanol–water partition coefficient (Wildman–Crippen LogP) is 2.04. The molecule has 0 saturated heterocycles. The van der Waals surface area contributed by atoms with E-state index in [4.69, 9.17) is 9.15 Å². The molecule has 1 aromatic heterocycles. The Kier molecular flexibility index (Phi) is 5.40. The Morgan fingerprint density at radius 3 is 2.81 bits per heavy atom. The average molecular weight is 288 g/mol. The van der Waals surface area contributed by atoms with Crippen LogP contribution in [0.25, 0.3) is 0 Å². The zero-order valence-corrected chi connectivity index (χ0v) is 12.3. The second kappa shape index (κ2) is 7.50. The Morgan fingerprint density at radius 2 is 2.10 bits per heavy atom. The lowest BCUT2D eigenvalue weighted by molar-refractivity contribution is -0.132. The molecule has 1 amide bonds. The molecule has 0 spiro atoms. The maximum Gasteiger partial charge on any atom is 0.260 e. The third-order valence-electron chi connectivity index (χ3n) is 3.09. The zero-order chi connectivity index (χ0) is 15.1. The van der Waals surface area contributed by atoms with Gasteiger partial charge in [0.1, 0.15) is 11.5 Å². The number of rotatable bonds is 7. The highest BCUT2D eigenvalue weighted by Crippen LogP contribution is 2.17. The molecule has 0 aliphatic rings. The Labute approximate surface area is 124 Å². The van der Waals surface area contributed by atoms with Crippen LogP contribution < -0.4 is 10.1 Å². The van der Waals surface area contributed by atoms with E-state index in [0.29, 0.717) is 13.1 Å². The minimum atomic E-state index is -0.0920. The molecule has 5 heteroatoms. The van der Waals surface area contributed by atoms with Gasteiger partial charge in [0.05, 0.1) is 12.8 Å². The SMILES string of the molecule is CNCc1ccccc1OCC(=O)N(C)Cc1ccco1. The molecule has 21 heavy (non-hydrogen) atoms. The van der Waals surface area contributed by atoms with Crippen LogP contribution in [-0.2, 0) is 17.9 Å². The van der Waals surface area contributed by atoms with E-state index >= 15 is 0 Å². The first-order valence-electron chi connectivity index (χ1n) is 6.82. The van der Waals surface area contributed by atoms with E-state index in [1.165, 1.54) is 0 Å². The van der Waals surface area contributed by atoms with Crippen LogP contribution in [0.1, 0.15) is 11.3 Å². The minimum Gasteiger partial charge on any atom is -0.483 e. The quantitative estimate of drug-likeness (QED) is 0.847. The summed E-state index contributed by atoms with van der Waals surface area (Å²) in [6, 6.07) is 11.3. The number of amides is 1. The molecule has 1 aromatic carbocycles. The van der Waals surface area contributed by atoms with Gasteiger partial charge >= 0.3 is 0 Å². The molecule has 112 valence electrons. The van der Waals surface area contributed by atoms with E-state index in [2.05, 4.69) is 5.32 Å². The van der Waals surface area contributed by atoms with Gasteiger partial charge in [0.25, 0.3) is 5.91 Å². The third-order valence-corrected chi connectivity index (χ3v) is 3.09. The molecular formula is C16H20N2O3. The number of benzene rings is 1. The van der Waals surface area contributed by atoms with Crippen molar-refractivity contribution in [3.8, 4) is 5.75 Å². The molecule has 0 unspecified atom stereocenters. The maximum absolute atomic E-state index is 12.1. The molecule has 0 radical (unpaired) electrons. The first-order chi connectivity index (χ1) is 10.2. The summed E-state index contributed by atoms with van der Waals surface area (Å²) in [4.78, 5) is 13.6. The number of ether oxygens (including phenoxy) is 1. The molecule has 1 heterocycles. The van der Waals surface area contributed by atoms with E-state index < -0.39 is 0 Å². The van der Waals surface area contributed by atoms with Crippen molar-refractivity contribution in [3.63, 3.8) is 0 Å². The van der Waals surface area contributed by atoms with Gasteiger partial charge in [-0.15, -0.1) is 0 Å². The first-order valence-corrected chi connectivity index (χ1v) is 6.82. The van der Waals surface area contributed by atoms with Gasteiger partial charge in [-0.1, -0.05) is 18.2 Å². The lowest BCUT2D eigenvalue weighted by Crippen LogP contribution is -2.31. The summed E-state index contributed by atoms with van der Waals surface area (Å²) in [6.07, 6.45) is 1.60. The molecule has 1 N–H and O–H groups in total. The summed E-state index contributed by atoms with van der Waals surface area (Å²) >= 11 is 0. The number of furan rings is 1. The van der Waals surface area contributed by atoms with E-state index in [1.807, 2.05) is 37.4 Å². The van der Waals surface area contributed by atoms with Gasteiger partial charge in [-0.05, 0) is 25.2 Å². The number of hydrogen-bond donors (Lipinski definition) is 1. The topological polar surface area (TPSA) is 54.7 Å². The van der Waals surface area contributed by atoms with Crippen molar-refractivity contribution in [2.45, 2.75) is 13.1 Å². The molecular weight excluding hydrogens is 268 g/mol. The monoisotopic (exact) mass is 288 g/mol. The van der Waals surface area contributed by atoms with E-state index in [0.717, 1.165) is 17.1 Å². The van der Waals surface area contributed by atoms with Crippen LogP contribution in [0, 0.1) is 0 Å². The molecule has 0 saturated carbocycles. The summed E-state index contributed by atoms with van der Waals surface area (Å²) in [5.74, 6) is 1.39. The normalized spacial score (nSPS) is 10.4. The molecule has 0 atom stereocenters. The van der Waals surface area contributed by atoms with Crippen LogP contribution in [-0.4, -0.2) is 31.5 Å². The van der Waals surface area contributed by atoms with Crippen molar-refractivity contribution in [2.24, 2.45) is 0 Å². The fourth-order valence-electron chi connectivity index (χ4n) is 1.96. The van der Waals surface area contributed by atoms with Gasteiger partial charge in [0.15, 0.2) is 6.61 Å². The van der Waals surface area contributed by atoms with Crippen molar-refractivity contribution < 1.29 is 13.9 Å². The van der Waals surface area contributed by atoms with Crippen molar-refractivity contribution in [3.05, 3.63) is 54.0 Å². The van der Waals surface area contributed by atoms with Crippen LogP contribution in [0.5, 0.6) is 5.75 Å². The summed E-state index contributed by atoms with van der Waals surface area (Å²) in [6.45, 7) is 1.15. The number of carbonyl (C=O) groups excluding carboxylic acids is 1. The van der Waals surface area contributed by atoms with Gasteiger partial charge < -0.3 is 19.4 Å². The number of nitrogens with zero attached hydrogens (tertiary/aromatic N) is 1. The average Bonchev–Trinajstić information content (AvgIpc) is 2.99. The predicted molar refractivity (Wildman–Crippen MR) is 79.9 cm³/mol.